The number of amides is 2. The average molecular weight is 400 g/mol. The maximum Gasteiger partial charge on any atom is 0.227 e. The Labute approximate surface area is 168 Å². The Morgan fingerprint density at radius 2 is 1.89 bits per heavy atom. The third-order valence-corrected chi connectivity index (χ3v) is 5.49. The number of anilines is 2. The first kappa shape index (κ1) is 18.7. The Hall–Kier alpha value is -2.67. The summed E-state index contributed by atoms with van der Waals surface area (Å²) in [4.78, 5) is 37.5. The van der Waals surface area contributed by atoms with E-state index >= 15 is 0 Å². The number of benzene rings is 1. The van der Waals surface area contributed by atoms with Gasteiger partial charge in [0.1, 0.15) is 0 Å². The topological polar surface area (TPSA) is 78.4 Å². The minimum atomic E-state index is -0.341. The summed E-state index contributed by atoms with van der Waals surface area (Å²) < 4.78 is 0. The van der Waals surface area contributed by atoms with E-state index in [0.29, 0.717) is 24.1 Å². The van der Waals surface area contributed by atoms with Gasteiger partial charge >= 0.3 is 0 Å². The minimum absolute atomic E-state index is 0.0322. The first-order valence-electron chi connectivity index (χ1n) is 9.48. The van der Waals surface area contributed by atoms with E-state index < -0.39 is 0 Å². The van der Waals surface area contributed by atoms with Crippen LogP contribution >= 0.6 is 11.6 Å². The van der Waals surface area contributed by atoms with Crippen LogP contribution in [0.3, 0.4) is 0 Å². The molecule has 146 valence electrons. The van der Waals surface area contributed by atoms with Crippen LogP contribution in [0.4, 0.5) is 11.6 Å². The lowest BCUT2D eigenvalue weighted by Gasteiger charge is -2.33. The van der Waals surface area contributed by atoms with Crippen LogP contribution in [0, 0.1) is 5.92 Å². The van der Waals surface area contributed by atoms with Crippen LogP contribution in [0.15, 0.2) is 42.7 Å². The number of carbonyl (C=O) groups is 2. The SMILES string of the molecule is O=C(N[C@@H]1CCCN(c2ncccn2)C1)[C@@H]1CC(=O)N(c2ccc(Cl)cc2)C1. The highest BCUT2D eigenvalue weighted by molar-refractivity contribution is 6.30. The Bertz CT molecular complexity index is 845. The van der Waals surface area contributed by atoms with Gasteiger partial charge in [-0.1, -0.05) is 11.6 Å². The summed E-state index contributed by atoms with van der Waals surface area (Å²) in [5, 5.41) is 3.75. The lowest BCUT2D eigenvalue weighted by atomic mass is 10.0. The molecular formula is C20H22ClN5O2. The van der Waals surface area contributed by atoms with Crippen molar-refractivity contribution in [3.8, 4) is 0 Å². The molecule has 2 aliphatic rings. The van der Waals surface area contributed by atoms with E-state index in [9.17, 15) is 9.59 Å². The molecule has 0 unspecified atom stereocenters. The maximum atomic E-state index is 12.8. The van der Waals surface area contributed by atoms with Crippen molar-refractivity contribution in [2.24, 2.45) is 5.92 Å². The second kappa shape index (κ2) is 8.14. The molecule has 0 bridgehead atoms. The molecule has 8 heteroatoms. The zero-order valence-corrected chi connectivity index (χ0v) is 16.2. The summed E-state index contributed by atoms with van der Waals surface area (Å²) in [7, 11) is 0. The number of carbonyl (C=O) groups excluding carboxylic acids is 2. The predicted octanol–water partition coefficient (Wildman–Crippen LogP) is 2.27. The molecule has 0 saturated carbocycles. The Morgan fingerprint density at radius 1 is 1.14 bits per heavy atom. The minimum Gasteiger partial charge on any atom is -0.351 e. The standard InChI is InChI=1S/C20H22ClN5O2/c21-15-4-6-17(7-5-15)26-12-14(11-18(26)27)19(28)24-16-3-1-10-25(13-16)20-22-8-2-9-23-20/h2,4-9,14,16H,1,3,10-13H2,(H,24,28)/t14-,16-/m1/s1. The molecule has 7 nitrogen and oxygen atoms in total. The van der Waals surface area contributed by atoms with E-state index in [1.54, 1.807) is 47.6 Å². The predicted molar refractivity (Wildman–Crippen MR) is 107 cm³/mol. The van der Waals surface area contributed by atoms with Crippen LogP contribution in [0.5, 0.6) is 0 Å². The number of aromatic nitrogens is 2. The Kier molecular flexibility index (Phi) is 5.43. The quantitative estimate of drug-likeness (QED) is 0.853. The summed E-state index contributed by atoms with van der Waals surface area (Å²) in [6.45, 7) is 1.95. The molecule has 2 amide bonds. The monoisotopic (exact) mass is 399 g/mol. The molecule has 2 fully saturated rings. The smallest absolute Gasteiger partial charge is 0.227 e. The van der Waals surface area contributed by atoms with Crippen molar-refractivity contribution in [1.29, 1.82) is 0 Å². The lowest BCUT2D eigenvalue weighted by Crippen LogP contribution is -2.50. The van der Waals surface area contributed by atoms with Crippen LogP contribution in [0.25, 0.3) is 0 Å². The van der Waals surface area contributed by atoms with Gasteiger partial charge in [-0.3, -0.25) is 9.59 Å². The highest BCUT2D eigenvalue weighted by atomic mass is 35.5. The zero-order valence-electron chi connectivity index (χ0n) is 15.4. The second-order valence-corrected chi connectivity index (χ2v) is 7.66. The number of halogens is 1. The molecule has 1 aromatic heterocycles. The lowest BCUT2D eigenvalue weighted by molar-refractivity contribution is -0.127. The van der Waals surface area contributed by atoms with Gasteiger partial charge in [0.25, 0.3) is 0 Å². The van der Waals surface area contributed by atoms with E-state index in [4.69, 9.17) is 11.6 Å². The summed E-state index contributed by atoms with van der Waals surface area (Å²) in [5.41, 5.74) is 0.773. The van der Waals surface area contributed by atoms with Crippen LogP contribution in [0.1, 0.15) is 19.3 Å². The van der Waals surface area contributed by atoms with Crippen molar-refractivity contribution in [2.75, 3.05) is 29.4 Å². The van der Waals surface area contributed by atoms with Gasteiger partial charge in [0.2, 0.25) is 17.8 Å². The van der Waals surface area contributed by atoms with Crippen molar-refractivity contribution in [2.45, 2.75) is 25.3 Å². The summed E-state index contributed by atoms with van der Waals surface area (Å²) >= 11 is 5.92. The number of nitrogens with zero attached hydrogens (tertiary/aromatic N) is 4. The fraction of sp³-hybridized carbons (Fsp3) is 0.400. The van der Waals surface area contributed by atoms with Gasteiger partial charge < -0.3 is 15.1 Å². The molecule has 0 spiro atoms. The van der Waals surface area contributed by atoms with Gasteiger partial charge in [-0.25, -0.2) is 9.97 Å². The third kappa shape index (κ3) is 4.09. The number of nitrogens with one attached hydrogen (secondary N) is 1. The molecule has 2 aromatic rings. The average Bonchev–Trinajstić information content (AvgIpc) is 3.11. The number of hydrogen-bond donors (Lipinski definition) is 1. The Morgan fingerprint density at radius 3 is 2.64 bits per heavy atom. The highest BCUT2D eigenvalue weighted by Gasteiger charge is 2.36. The van der Waals surface area contributed by atoms with E-state index in [0.717, 1.165) is 25.1 Å². The van der Waals surface area contributed by atoms with E-state index in [2.05, 4.69) is 20.2 Å². The number of hydrogen-bond acceptors (Lipinski definition) is 5. The molecule has 1 N–H and O–H groups in total. The largest absolute Gasteiger partial charge is 0.351 e. The zero-order chi connectivity index (χ0) is 19.5. The number of rotatable bonds is 4. The van der Waals surface area contributed by atoms with Gasteiger partial charge in [0.05, 0.1) is 5.92 Å². The van der Waals surface area contributed by atoms with Gasteiger partial charge in [-0.05, 0) is 43.2 Å². The molecule has 28 heavy (non-hydrogen) atoms. The molecule has 2 aliphatic heterocycles. The molecular weight excluding hydrogens is 378 g/mol. The van der Waals surface area contributed by atoms with Gasteiger partial charge in [0.15, 0.2) is 0 Å². The molecule has 1 aromatic carbocycles. The van der Waals surface area contributed by atoms with Crippen molar-refractivity contribution < 1.29 is 9.59 Å². The van der Waals surface area contributed by atoms with Crippen LogP contribution < -0.4 is 15.1 Å². The fourth-order valence-electron chi connectivity index (χ4n) is 3.80. The molecule has 2 atom stereocenters. The highest BCUT2D eigenvalue weighted by Crippen LogP contribution is 2.27. The second-order valence-electron chi connectivity index (χ2n) is 7.22. The van der Waals surface area contributed by atoms with E-state index in [-0.39, 0.29) is 30.2 Å². The molecule has 4 rings (SSSR count). The number of piperidine rings is 1. The van der Waals surface area contributed by atoms with Crippen molar-refractivity contribution in [3.63, 3.8) is 0 Å². The maximum absolute atomic E-state index is 12.8. The molecule has 0 aliphatic carbocycles. The fourth-order valence-corrected chi connectivity index (χ4v) is 3.93. The van der Waals surface area contributed by atoms with Crippen molar-refractivity contribution >= 4 is 35.1 Å². The summed E-state index contributed by atoms with van der Waals surface area (Å²) in [6.07, 6.45) is 5.55. The van der Waals surface area contributed by atoms with Crippen LogP contribution in [-0.4, -0.2) is 47.5 Å². The van der Waals surface area contributed by atoms with Crippen molar-refractivity contribution in [3.05, 3.63) is 47.7 Å². The first-order chi connectivity index (χ1) is 13.6. The third-order valence-electron chi connectivity index (χ3n) is 5.24. The van der Waals surface area contributed by atoms with Crippen molar-refractivity contribution in [1.82, 2.24) is 15.3 Å². The molecule has 0 radical (unpaired) electrons. The summed E-state index contributed by atoms with van der Waals surface area (Å²) in [6, 6.07) is 8.93. The summed E-state index contributed by atoms with van der Waals surface area (Å²) in [5.74, 6) is 0.244. The Balaban J connectivity index is 1.36. The van der Waals surface area contributed by atoms with Crippen LogP contribution in [0.2, 0.25) is 5.02 Å². The first-order valence-corrected chi connectivity index (χ1v) is 9.86. The van der Waals surface area contributed by atoms with E-state index in [1.807, 2.05) is 0 Å². The van der Waals surface area contributed by atoms with E-state index in [1.165, 1.54) is 0 Å². The van der Waals surface area contributed by atoms with Crippen LogP contribution in [-0.2, 0) is 9.59 Å². The van der Waals surface area contributed by atoms with Gasteiger partial charge in [-0.15, -0.1) is 0 Å². The van der Waals surface area contributed by atoms with Gasteiger partial charge in [-0.2, -0.15) is 0 Å². The molecule has 2 saturated heterocycles. The normalized spacial score (nSPS) is 22.4. The molecule has 3 heterocycles. The van der Waals surface area contributed by atoms with Gasteiger partial charge in [0, 0.05) is 55.2 Å².